The summed E-state index contributed by atoms with van der Waals surface area (Å²) in [5.74, 6) is 0.234. The Hall–Kier alpha value is -0.550. The molecule has 5 heteroatoms. The van der Waals surface area contributed by atoms with Crippen LogP contribution in [0.25, 0.3) is 10.1 Å². The van der Waals surface area contributed by atoms with Gasteiger partial charge in [-0.15, -0.1) is 13.2 Å². The molecule has 0 aliphatic rings. The van der Waals surface area contributed by atoms with Crippen molar-refractivity contribution >= 4 is 20.6 Å². The fourth-order valence-electron chi connectivity index (χ4n) is 2.30. The summed E-state index contributed by atoms with van der Waals surface area (Å²) in [7, 11) is -1.79. The molecular formula is C16H20BrF3S. The molecule has 0 radical (unpaired) electrons. The van der Waals surface area contributed by atoms with Crippen molar-refractivity contribution in [2.45, 2.75) is 51.5 Å². The van der Waals surface area contributed by atoms with E-state index in [-0.39, 0.29) is 22.9 Å². The third-order valence-electron chi connectivity index (χ3n) is 3.40. The molecule has 0 fully saturated rings. The van der Waals surface area contributed by atoms with Crippen LogP contribution in [0.3, 0.4) is 0 Å². The standard InChI is InChI=1S/C16H20F3S.BrH/c1-10(2)11-6-7-12-9-14(15(3,4)5)20(13(12)8-11)16(17,18)19;/h6-10H,1-5H3;1H/q+1;/p-1. The molecule has 1 atom stereocenters. The van der Waals surface area contributed by atoms with E-state index in [0.29, 0.717) is 9.58 Å². The van der Waals surface area contributed by atoms with Crippen molar-refractivity contribution in [3.63, 3.8) is 0 Å². The van der Waals surface area contributed by atoms with Crippen LogP contribution in [0.15, 0.2) is 24.3 Å². The Labute approximate surface area is 137 Å². The number of alkyl halides is 3. The Morgan fingerprint density at radius 1 is 1.00 bits per heavy atom. The molecule has 0 saturated carbocycles. The average Bonchev–Trinajstić information content (AvgIpc) is 2.65. The van der Waals surface area contributed by atoms with Gasteiger partial charge in [0.2, 0.25) is 0 Å². The summed E-state index contributed by atoms with van der Waals surface area (Å²) < 4.78 is 41.0. The first-order chi connectivity index (χ1) is 9.01. The van der Waals surface area contributed by atoms with E-state index < -0.39 is 21.4 Å². The lowest BCUT2D eigenvalue weighted by molar-refractivity contribution is -0.0869. The molecule has 0 amide bonds. The summed E-state index contributed by atoms with van der Waals surface area (Å²) >= 11 is 0. The van der Waals surface area contributed by atoms with Crippen molar-refractivity contribution in [1.82, 2.24) is 0 Å². The average molecular weight is 381 g/mol. The van der Waals surface area contributed by atoms with Gasteiger partial charge in [0.1, 0.15) is 0 Å². The van der Waals surface area contributed by atoms with Gasteiger partial charge in [-0.1, -0.05) is 40.7 Å². The molecule has 1 aromatic carbocycles. The highest BCUT2D eigenvalue weighted by Gasteiger charge is 2.50. The van der Waals surface area contributed by atoms with E-state index >= 15 is 0 Å². The number of thiophene rings is 1. The minimum Gasteiger partial charge on any atom is -1.00 e. The van der Waals surface area contributed by atoms with Crippen molar-refractivity contribution in [2.24, 2.45) is 0 Å². The van der Waals surface area contributed by atoms with Crippen LogP contribution in [-0.4, -0.2) is 0 Å². The molecule has 0 aliphatic heterocycles. The predicted molar refractivity (Wildman–Crippen MR) is 80.5 cm³/mol. The van der Waals surface area contributed by atoms with Crippen molar-refractivity contribution in [2.75, 3.05) is 0 Å². The van der Waals surface area contributed by atoms with Crippen molar-refractivity contribution in [1.29, 1.82) is 0 Å². The molecule has 1 heterocycles. The van der Waals surface area contributed by atoms with E-state index in [0.717, 1.165) is 10.9 Å². The van der Waals surface area contributed by atoms with Gasteiger partial charge in [-0.3, -0.25) is 0 Å². The maximum atomic E-state index is 13.5. The van der Waals surface area contributed by atoms with Gasteiger partial charge in [0, 0.05) is 22.9 Å². The number of rotatable bonds is 1. The predicted octanol–water partition coefficient (Wildman–Crippen LogP) is 3.49. The van der Waals surface area contributed by atoms with Gasteiger partial charge >= 0.3 is 5.51 Å². The molecule has 0 N–H and O–H groups in total. The van der Waals surface area contributed by atoms with E-state index in [9.17, 15) is 13.2 Å². The molecule has 2 aromatic rings. The lowest BCUT2D eigenvalue weighted by atomic mass is 9.94. The smallest absolute Gasteiger partial charge is 0.600 e. The minimum atomic E-state index is -4.21. The number of fused-ring (bicyclic) bond motifs is 1. The first-order valence-corrected chi connectivity index (χ1v) is 7.91. The van der Waals surface area contributed by atoms with Gasteiger partial charge < -0.3 is 17.0 Å². The molecule has 0 spiro atoms. The van der Waals surface area contributed by atoms with Crippen molar-refractivity contribution in [3.05, 3.63) is 34.7 Å². The van der Waals surface area contributed by atoms with E-state index in [1.807, 2.05) is 46.8 Å². The van der Waals surface area contributed by atoms with Crippen LogP contribution >= 0.6 is 10.5 Å². The topological polar surface area (TPSA) is 0 Å². The molecule has 0 aliphatic carbocycles. The SMILES string of the molecule is CC(C)c1ccc2cc(C(C)(C)C)[s+](C(F)(F)F)c2c1.[Br-]. The largest absolute Gasteiger partial charge is 1.00 e. The van der Waals surface area contributed by atoms with Crippen molar-refractivity contribution in [3.8, 4) is 0 Å². The second kappa shape index (κ2) is 5.92. The van der Waals surface area contributed by atoms with E-state index in [2.05, 4.69) is 0 Å². The van der Waals surface area contributed by atoms with Gasteiger partial charge in [-0.25, -0.2) is 0 Å². The summed E-state index contributed by atoms with van der Waals surface area (Å²) in [5, 5.41) is 0.722. The normalized spacial score (nSPS) is 13.7. The summed E-state index contributed by atoms with van der Waals surface area (Å²) in [6.45, 7) is 9.54. The lowest BCUT2D eigenvalue weighted by Crippen LogP contribution is -3.00. The molecule has 1 aromatic heterocycles. The van der Waals surface area contributed by atoms with Gasteiger partial charge in [-0.2, -0.15) is 0 Å². The quantitative estimate of drug-likeness (QED) is 0.664. The highest BCUT2D eigenvalue weighted by atomic mass is 79.9. The Bertz CT molecular complexity index is 633. The fourth-order valence-corrected chi connectivity index (χ4v) is 4.51. The first kappa shape index (κ1) is 18.5. The van der Waals surface area contributed by atoms with E-state index in [1.54, 1.807) is 12.1 Å². The monoisotopic (exact) mass is 380 g/mol. The van der Waals surface area contributed by atoms with E-state index in [4.69, 9.17) is 0 Å². The van der Waals surface area contributed by atoms with Crippen LogP contribution in [0.5, 0.6) is 0 Å². The van der Waals surface area contributed by atoms with Crippen molar-refractivity contribution < 1.29 is 30.2 Å². The summed E-state index contributed by atoms with van der Waals surface area (Å²) in [6, 6.07) is 7.24. The van der Waals surface area contributed by atoms with Gasteiger partial charge in [0.05, 0.1) is 10.5 Å². The maximum Gasteiger partial charge on any atom is 0.600 e. The highest BCUT2D eigenvalue weighted by molar-refractivity contribution is 7.38. The molecule has 1 unspecified atom stereocenters. The van der Waals surface area contributed by atoms with Gasteiger partial charge in [-0.05, 0) is 17.5 Å². The molecule has 0 bridgehead atoms. The summed E-state index contributed by atoms with van der Waals surface area (Å²) in [6.07, 6.45) is 0. The first-order valence-electron chi connectivity index (χ1n) is 6.69. The van der Waals surface area contributed by atoms with Crippen LogP contribution in [0, 0.1) is 0 Å². The third kappa shape index (κ3) is 3.62. The fraction of sp³-hybridized carbons (Fsp3) is 0.500. The van der Waals surface area contributed by atoms with Gasteiger partial charge in [0.25, 0.3) is 0 Å². The highest BCUT2D eigenvalue weighted by Crippen LogP contribution is 2.54. The van der Waals surface area contributed by atoms with Crippen LogP contribution in [0.1, 0.15) is 51.0 Å². The Kier molecular flexibility index (Phi) is 5.21. The molecule has 2 rings (SSSR count). The third-order valence-corrected chi connectivity index (χ3v) is 5.83. The summed E-state index contributed by atoms with van der Waals surface area (Å²) in [4.78, 5) is 0.487. The second-order valence-corrected chi connectivity index (χ2v) is 8.42. The number of hydrogen-bond donors (Lipinski definition) is 0. The van der Waals surface area contributed by atoms with Crippen LogP contribution in [0.2, 0.25) is 0 Å². The number of benzene rings is 1. The van der Waals surface area contributed by atoms with Crippen LogP contribution in [0.4, 0.5) is 13.2 Å². The zero-order valence-electron chi connectivity index (χ0n) is 12.8. The Morgan fingerprint density at radius 3 is 2.00 bits per heavy atom. The molecule has 118 valence electrons. The zero-order chi connectivity index (χ0) is 15.3. The van der Waals surface area contributed by atoms with Crippen LogP contribution < -0.4 is 17.0 Å². The summed E-state index contributed by atoms with van der Waals surface area (Å²) in [5.41, 5.74) is -3.72. The van der Waals surface area contributed by atoms with Gasteiger partial charge in [0.15, 0.2) is 9.58 Å². The molecule has 21 heavy (non-hydrogen) atoms. The maximum absolute atomic E-state index is 13.5. The minimum absolute atomic E-state index is 0. The van der Waals surface area contributed by atoms with E-state index in [1.165, 1.54) is 0 Å². The second-order valence-electron chi connectivity index (χ2n) is 6.46. The Morgan fingerprint density at radius 2 is 1.57 bits per heavy atom. The molecular weight excluding hydrogens is 361 g/mol. The number of halogens is 4. The van der Waals surface area contributed by atoms with Crippen LogP contribution in [-0.2, 0) is 10.9 Å². The number of hydrogen-bond acceptors (Lipinski definition) is 0. The molecule has 0 saturated heterocycles. The zero-order valence-corrected chi connectivity index (χ0v) is 15.2. The Balaban J connectivity index is 0.00000220. The molecule has 0 nitrogen and oxygen atoms in total. The lowest BCUT2D eigenvalue weighted by Gasteiger charge is -2.13.